The smallest absolute Gasteiger partial charge is 0.135 e. The lowest BCUT2D eigenvalue weighted by atomic mass is 10.4. The van der Waals surface area contributed by atoms with Gasteiger partial charge in [0.1, 0.15) is 11.6 Å². The number of aromatic nitrogens is 2. The predicted octanol–water partition coefficient (Wildman–Crippen LogP) is 1.50. The molecule has 0 atom stereocenters. The van der Waals surface area contributed by atoms with Gasteiger partial charge in [0.2, 0.25) is 0 Å². The Morgan fingerprint density at radius 3 is 2.58 bits per heavy atom. The van der Waals surface area contributed by atoms with E-state index in [1.165, 1.54) is 0 Å². The van der Waals surface area contributed by atoms with Crippen LogP contribution in [-0.2, 0) is 0 Å². The highest BCUT2D eigenvalue weighted by Crippen LogP contribution is 2.04. The highest BCUT2D eigenvalue weighted by molar-refractivity contribution is 5.89. The molecular weight excluding hydrogens is 152 g/mol. The molecule has 0 aliphatic heterocycles. The Bertz CT molecular complexity index is 286. The van der Waals surface area contributed by atoms with E-state index in [-0.39, 0.29) is 0 Å². The summed E-state index contributed by atoms with van der Waals surface area (Å²) in [5.41, 5.74) is 0.909. The summed E-state index contributed by atoms with van der Waals surface area (Å²) in [5, 5.41) is 10.0. The third-order valence-corrected chi connectivity index (χ3v) is 1.28. The van der Waals surface area contributed by atoms with Gasteiger partial charge in [0.05, 0.1) is 5.84 Å². The highest BCUT2D eigenvalue weighted by Gasteiger charge is 1.97. The topological polar surface area (TPSA) is 61.7 Å². The summed E-state index contributed by atoms with van der Waals surface area (Å²) in [6.45, 7) is 5.41. The molecule has 0 fully saturated rings. The molecule has 12 heavy (non-hydrogen) atoms. The molecule has 0 saturated heterocycles. The first kappa shape index (κ1) is 8.64. The van der Waals surface area contributed by atoms with Gasteiger partial charge < -0.3 is 5.32 Å². The highest BCUT2D eigenvalue weighted by atomic mass is 15.0. The van der Waals surface area contributed by atoms with E-state index < -0.39 is 0 Å². The quantitative estimate of drug-likeness (QED) is 0.488. The Morgan fingerprint density at radius 2 is 2.08 bits per heavy atom. The van der Waals surface area contributed by atoms with Crippen LogP contribution >= 0.6 is 0 Å². The number of nitrogens with one attached hydrogen (secondary N) is 2. The van der Waals surface area contributed by atoms with Gasteiger partial charge in [-0.2, -0.15) is 0 Å². The average Bonchev–Trinajstić information content (AvgIpc) is 1.81. The van der Waals surface area contributed by atoms with Gasteiger partial charge in [-0.1, -0.05) is 0 Å². The van der Waals surface area contributed by atoms with Crippen molar-refractivity contribution in [3.8, 4) is 0 Å². The van der Waals surface area contributed by atoms with E-state index in [4.69, 9.17) is 5.41 Å². The minimum atomic E-state index is 0.382. The second-order valence-electron chi connectivity index (χ2n) is 2.69. The molecule has 1 heterocycles. The number of rotatable bonds is 1. The van der Waals surface area contributed by atoms with E-state index in [2.05, 4.69) is 15.3 Å². The summed E-state index contributed by atoms with van der Waals surface area (Å²) in [6, 6.07) is 1.81. The average molecular weight is 164 g/mol. The molecular formula is C8H12N4. The van der Waals surface area contributed by atoms with E-state index in [0.29, 0.717) is 11.7 Å². The summed E-state index contributed by atoms with van der Waals surface area (Å²) in [6.07, 6.45) is 0. The van der Waals surface area contributed by atoms with Crippen LogP contribution in [-0.4, -0.2) is 15.8 Å². The fraction of sp³-hybridized carbons (Fsp3) is 0.375. The second kappa shape index (κ2) is 3.30. The van der Waals surface area contributed by atoms with Crippen molar-refractivity contribution in [2.45, 2.75) is 20.8 Å². The molecule has 1 aromatic heterocycles. The summed E-state index contributed by atoms with van der Waals surface area (Å²) in [4.78, 5) is 8.23. The van der Waals surface area contributed by atoms with E-state index in [9.17, 15) is 0 Å². The number of amidine groups is 1. The van der Waals surface area contributed by atoms with Crippen LogP contribution in [0.5, 0.6) is 0 Å². The molecule has 0 aliphatic carbocycles. The van der Waals surface area contributed by atoms with Crippen molar-refractivity contribution in [3.05, 3.63) is 17.6 Å². The van der Waals surface area contributed by atoms with Gasteiger partial charge >= 0.3 is 0 Å². The molecule has 0 spiro atoms. The Hall–Kier alpha value is -1.45. The van der Waals surface area contributed by atoms with Crippen molar-refractivity contribution in [2.75, 3.05) is 5.32 Å². The van der Waals surface area contributed by atoms with Crippen molar-refractivity contribution in [2.24, 2.45) is 0 Å². The number of hydrogen-bond acceptors (Lipinski definition) is 3. The van der Waals surface area contributed by atoms with Crippen LogP contribution in [0.4, 0.5) is 5.82 Å². The largest absolute Gasteiger partial charge is 0.329 e. The maximum atomic E-state index is 7.20. The molecule has 4 nitrogen and oxygen atoms in total. The minimum absolute atomic E-state index is 0.382. The van der Waals surface area contributed by atoms with Crippen molar-refractivity contribution in [3.63, 3.8) is 0 Å². The van der Waals surface area contributed by atoms with Gasteiger partial charge in [0.15, 0.2) is 0 Å². The maximum Gasteiger partial charge on any atom is 0.135 e. The van der Waals surface area contributed by atoms with Gasteiger partial charge in [-0.25, -0.2) is 9.97 Å². The van der Waals surface area contributed by atoms with Crippen molar-refractivity contribution in [1.82, 2.24) is 9.97 Å². The van der Waals surface area contributed by atoms with Crippen LogP contribution in [0.15, 0.2) is 6.07 Å². The monoisotopic (exact) mass is 164 g/mol. The fourth-order valence-electron chi connectivity index (χ4n) is 0.973. The summed E-state index contributed by atoms with van der Waals surface area (Å²) in [7, 11) is 0. The molecule has 0 bridgehead atoms. The fourth-order valence-corrected chi connectivity index (χ4v) is 0.973. The number of hydrogen-bond donors (Lipinski definition) is 2. The van der Waals surface area contributed by atoms with Crippen molar-refractivity contribution in [1.29, 1.82) is 5.41 Å². The van der Waals surface area contributed by atoms with Gasteiger partial charge in [-0.05, 0) is 20.8 Å². The zero-order valence-electron chi connectivity index (χ0n) is 7.47. The molecule has 0 amide bonds. The number of nitrogens with zero attached hydrogens (tertiary/aromatic N) is 2. The van der Waals surface area contributed by atoms with Gasteiger partial charge in [0.25, 0.3) is 0 Å². The third-order valence-electron chi connectivity index (χ3n) is 1.28. The standard InChI is InChI=1S/C8H12N4/c1-5-4-8(11-6(2)9)12-7(3)10-5/h4H,1-3H3,(H2,9,10,11,12). The van der Waals surface area contributed by atoms with E-state index >= 15 is 0 Å². The van der Waals surface area contributed by atoms with Crippen LogP contribution < -0.4 is 5.32 Å². The normalized spacial score (nSPS) is 9.58. The molecule has 2 N–H and O–H groups in total. The van der Waals surface area contributed by atoms with E-state index in [1.54, 1.807) is 6.92 Å². The Kier molecular flexibility index (Phi) is 2.38. The number of anilines is 1. The molecule has 1 aromatic rings. The Labute approximate surface area is 71.6 Å². The van der Waals surface area contributed by atoms with Gasteiger partial charge in [-0.3, -0.25) is 5.41 Å². The first-order valence-corrected chi connectivity index (χ1v) is 3.72. The first-order chi connectivity index (χ1) is 5.58. The third kappa shape index (κ3) is 2.30. The van der Waals surface area contributed by atoms with Gasteiger partial charge in [-0.15, -0.1) is 0 Å². The lowest BCUT2D eigenvalue weighted by Crippen LogP contribution is -2.08. The van der Waals surface area contributed by atoms with Crippen molar-refractivity contribution >= 4 is 11.7 Å². The zero-order chi connectivity index (χ0) is 9.14. The van der Waals surface area contributed by atoms with E-state index in [1.807, 2.05) is 19.9 Å². The maximum absolute atomic E-state index is 7.20. The Morgan fingerprint density at radius 1 is 1.42 bits per heavy atom. The molecule has 0 aliphatic rings. The van der Waals surface area contributed by atoms with Gasteiger partial charge in [0, 0.05) is 11.8 Å². The van der Waals surface area contributed by atoms with Crippen LogP contribution in [0.2, 0.25) is 0 Å². The Balaban J connectivity index is 2.93. The van der Waals surface area contributed by atoms with Crippen LogP contribution in [0.3, 0.4) is 0 Å². The number of aryl methyl sites for hydroxylation is 2. The molecule has 0 saturated carbocycles. The molecule has 0 radical (unpaired) electrons. The molecule has 0 unspecified atom stereocenters. The van der Waals surface area contributed by atoms with Crippen LogP contribution in [0.25, 0.3) is 0 Å². The summed E-state index contributed by atoms with van der Waals surface area (Å²) < 4.78 is 0. The molecule has 64 valence electrons. The summed E-state index contributed by atoms with van der Waals surface area (Å²) in [5.74, 6) is 1.79. The summed E-state index contributed by atoms with van der Waals surface area (Å²) >= 11 is 0. The minimum Gasteiger partial charge on any atom is -0.329 e. The molecule has 1 rings (SSSR count). The van der Waals surface area contributed by atoms with E-state index in [0.717, 1.165) is 11.5 Å². The molecule has 0 aromatic carbocycles. The second-order valence-corrected chi connectivity index (χ2v) is 2.69. The van der Waals surface area contributed by atoms with Crippen LogP contribution in [0, 0.1) is 19.3 Å². The first-order valence-electron chi connectivity index (χ1n) is 3.72. The van der Waals surface area contributed by atoms with Crippen LogP contribution in [0.1, 0.15) is 18.4 Å². The van der Waals surface area contributed by atoms with Crippen molar-refractivity contribution < 1.29 is 0 Å². The lowest BCUT2D eigenvalue weighted by Gasteiger charge is -2.03. The molecule has 4 heteroatoms. The predicted molar refractivity (Wildman–Crippen MR) is 48.5 cm³/mol. The SMILES string of the molecule is CC(=N)Nc1cc(C)nc(C)n1. The lowest BCUT2D eigenvalue weighted by molar-refractivity contribution is 1.02. The zero-order valence-corrected chi connectivity index (χ0v) is 7.47.